The first-order chi connectivity index (χ1) is 8.61. The predicted molar refractivity (Wildman–Crippen MR) is 71.6 cm³/mol. The Labute approximate surface area is 114 Å². The van der Waals surface area contributed by atoms with Crippen molar-refractivity contribution in [1.29, 1.82) is 0 Å². The van der Waals surface area contributed by atoms with Crippen molar-refractivity contribution in [2.24, 2.45) is 0 Å². The second kappa shape index (κ2) is 5.80. The van der Waals surface area contributed by atoms with Gasteiger partial charge in [-0.05, 0) is 40.0 Å². The Hall–Kier alpha value is -0.940. The van der Waals surface area contributed by atoms with Crippen LogP contribution in [0.1, 0.15) is 18.9 Å². The van der Waals surface area contributed by atoms with Crippen LogP contribution in [0.4, 0.5) is 4.39 Å². The topological polar surface area (TPSA) is 32.3 Å². The molecular weight excluding hydrogens is 299 g/mol. The van der Waals surface area contributed by atoms with Crippen LogP contribution >= 0.6 is 15.9 Å². The van der Waals surface area contributed by atoms with Crippen LogP contribution in [0.15, 0.2) is 22.7 Å². The van der Waals surface area contributed by atoms with E-state index in [-0.39, 0.29) is 17.8 Å². The minimum absolute atomic E-state index is 0.0809. The molecule has 1 aliphatic rings. The summed E-state index contributed by atoms with van der Waals surface area (Å²) in [6.45, 7) is 4.04. The number of piperazine rings is 1. The van der Waals surface area contributed by atoms with Crippen LogP contribution in [0.25, 0.3) is 0 Å². The molecule has 1 aliphatic heterocycles. The molecule has 18 heavy (non-hydrogen) atoms. The van der Waals surface area contributed by atoms with Crippen molar-refractivity contribution in [3.63, 3.8) is 0 Å². The monoisotopic (exact) mass is 314 g/mol. The maximum atomic E-state index is 13.1. The van der Waals surface area contributed by atoms with E-state index in [0.29, 0.717) is 17.6 Å². The van der Waals surface area contributed by atoms with Crippen LogP contribution < -0.4 is 5.32 Å². The van der Waals surface area contributed by atoms with Gasteiger partial charge >= 0.3 is 0 Å². The van der Waals surface area contributed by atoms with Crippen molar-refractivity contribution in [2.45, 2.75) is 25.9 Å². The highest BCUT2D eigenvalue weighted by molar-refractivity contribution is 9.10. The van der Waals surface area contributed by atoms with Crippen LogP contribution in [-0.4, -0.2) is 29.9 Å². The normalized spacial score (nSPS) is 20.3. The quantitative estimate of drug-likeness (QED) is 0.928. The van der Waals surface area contributed by atoms with Crippen molar-refractivity contribution in [2.75, 3.05) is 13.1 Å². The number of nitrogens with zero attached hydrogens (tertiary/aromatic N) is 1. The van der Waals surface area contributed by atoms with Crippen LogP contribution in [0.5, 0.6) is 0 Å². The summed E-state index contributed by atoms with van der Waals surface area (Å²) in [7, 11) is 0. The van der Waals surface area contributed by atoms with Crippen LogP contribution in [-0.2, 0) is 11.3 Å². The molecule has 0 aliphatic carbocycles. The summed E-state index contributed by atoms with van der Waals surface area (Å²) < 4.78 is 13.6. The molecule has 0 radical (unpaired) electrons. The lowest BCUT2D eigenvalue weighted by atomic mass is 10.1. The van der Waals surface area contributed by atoms with Gasteiger partial charge in [0.05, 0.1) is 10.5 Å². The Balaban J connectivity index is 2.08. The van der Waals surface area contributed by atoms with Gasteiger partial charge in [0.15, 0.2) is 0 Å². The summed E-state index contributed by atoms with van der Waals surface area (Å²) in [4.78, 5) is 13.9. The maximum Gasteiger partial charge on any atom is 0.240 e. The number of carbonyl (C=O) groups is 1. The predicted octanol–water partition coefficient (Wildman–Crippen LogP) is 2.30. The summed E-state index contributed by atoms with van der Waals surface area (Å²) in [5.74, 6) is -0.152. The van der Waals surface area contributed by atoms with Gasteiger partial charge < -0.3 is 10.2 Å². The van der Waals surface area contributed by atoms with E-state index in [9.17, 15) is 9.18 Å². The summed E-state index contributed by atoms with van der Waals surface area (Å²) in [5, 5.41) is 3.19. The molecule has 1 aromatic carbocycles. The van der Waals surface area contributed by atoms with Crippen LogP contribution in [0, 0.1) is 5.82 Å². The van der Waals surface area contributed by atoms with Gasteiger partial charge in [-0.15, -0.1) is 0 Å². The first-order valence-corrected chi connectivity index (χ1v) is 6.87. The molecule has 98 valence electrons. The Kier molecular flexibility index (Phi) is 4.35. The summed E-state index contributed by atoms with van der Waals surface area (Å²) in [5.41, 5.74) is 0.938. The summed E-state index contributed by atoms with van der Waals surface area (Å²) in [6, 6.07) is 4.79. The fourth-order valence-electron chi connectivity index (χ4n) is 2.13. The molecule has 1 unspecified atom stereocenters. The molecule has 0 aromatic heterocycles. The standard InChI is InChI=1S/C13H16BrFN2O/c1-2-12-13(18)17(6-5-16-12)8-9-3-4-11(15)10(14)7-9/h3-4,7,12,16H,2,5-6,8H2,1H3. The molecule has 0 saturated carbocycles. The van der Waals surface area contributed by atoms with Gasteiger partial charge in [-0.3, -0.25) is 4.79 Å². The average Bonchev–Trinajstić information content (AvgIpc) is 2.36. The molecule has 1 atom stereocenters. The van der Waals surface area contributed by atoms with E-state index in [4.69, 9.17) is 0 Å². The number of carbonyl (C=O) groups excluding carboxylic acids is 1. The molecule has 1 fully saturated rings. The van der Waals surface area contributed by atoms with E-state index in [1.807, 2.05) is 11.8 Å². The van der Waals surface area contributed by atoms with E-state index in [1.165, 1.54) is 6.07 Å². The minimum atomic E-state index is -0.281. The Morgan fingerprint density at radius 1 is 1.56 bits per heavy atom. The molecular formula is C13H16BrFN2O. The second-order valence-electron chi connectivity index (χ2n) is 4.42. The number of amides is 1. The van der Waals surface area contributed by atoms with Crippen LogP contribution in [0.2, 0.25) is 0 Å². The van der Waals surface area contributed by atoms with Gasteiger partial charge in [0, 0.05) is 19.6 Å². The maximum absolute atomic E-state index is 13.1. The third-order valence-electron chi connectivity index (χ3n) is 3.15. The first kappa shape index (κ1) is 13.5. The minimum Gasteiger partial charge on any atom is -0.336 e. The van der Waals surface area contributed by atoms with Crippen molar-refractivity contribution >= 4 is 21.8 Å². The molecule has 1 saturated heterocycles. The molecule has 3 nitrogen and oxygen atoms in total. The lowest BCUT2D eigenvalue weighted by Gasteiger charge is -2.32. The number of hydrogen-bond acceptors (Lipinski definition) is 2. The third-order valence-corrected chi connectivity index (χ3v) is 3.76. The van der Waals surface area contributed by atoms with E-state index in [0.717, 1.165) is 18.5 Å². The van der Waals surface area contributed by atoms with Crippen molar-refractivity contribution in [3.8, 4) is 0 Å². The lowest BCUT2D eigenvalue weighted by molar-refractivity contribution is -0.136. The van der Waals surface area contributed by atoms with Crippen LogP contribution in [0.3, 0.4) is 0 Å². The highest BCUT2D eigenvalue weighted by Crippen LogP contribution is 2.18. The summed E-state index contributed by atoms with van der Waals surface area (Å²) >= 11 is 3.16. The van der Waals surface area contributed by atoms with Gasteiger partial charge in [0.1, 0.15) is 5.82 Å². The van der Waals surface area contributed by atoms with Gasteiger partial charge in [0.25, 0.3) is 0 Å². The van der Waals surface area contributed by atoms with Gasteiger partial charge in [0.2, 0.25) is 5.91 Å². The van der Waals surface area contributed by atoms with Crippen molar-refractivity contribution < 1.29 is 9.18 Å². The number of rotatable bonds is 3. The zero-order valence-corrected chi connectivity index (χ0v) is 11.8. The molecule has 1 N–H and O–H groups in total. The molecule has 2 rings (SSSR count). The molecule has 5 heteroatoms. The Bertz CT molecular complexity index is 453. The zero-order valence-electron chi connectivity index (χ0n) is 10.2. The van der Waals surface area contributed by atoms with Crippen molar-refractivity contribution in [1.82, 2.24) is 10.2 Å². The molecule has 0 spiro atoms. The van der Waals surface area contributed by atoms with E-state index in [2.05, 4.69) is 21.2 Å². The molecule has 1 heterocycles. The van der Waals surface area contributed by atoms with E-state index in [1.54, 1.807) is 12.1 Å². The highest BCUT2D eigenvalue weighted by Gasteiger charge is 2.26. The van der Waals surface area contributed by atoms with Gasteiger partial charge in [-0.25, -0.2) is 4.39 Å². The Morgan fingerprint density at radius 2 is 2.33 bits per heavy atom. The average molecular weight is 315 g/mol. The molecule has 1 amide bonds. The first-order valence-electron chi connectivity index (χ1n) is 6.08. The largest absolute Gasteiger partial charge is 0.336 e. The van der Waals surface area contributed by atoms with Crippen molar-refractivity contribution in [3.05, 3.63) is 34.1 Å². The summed E-state index contributed by atoms with van der Waals surface area (Å²) in [6.07, 6.45) is 0.794. The number of hydrogen-bond donors (Lipinski definition) is 1. The molecule has 0 bridgehead atoms. The zero-order chi connectivity index (χ0) is 13.1. The lowest BCUT2D eigenvalue weighted by Crippen LogP contribution is -2.54. The Morgan fingerprint density at radius 3 is 3.00 bits per heavy atom. The fourth-order valence-corrected chi connectivity index (χ4v) is 2.55. The third kappa shape index (κ3) is 2.90. The van der Waals surface area contributed by atoms with E-state index < -0.39 is 0 Å². The van der Waals surface area contributed by atoms with Gasteiger partial charge in [-0.2, -0.15) is 0 Å². The van der Waals surface area contributed by atoms with Gasteiger partial charge in [-0.1, -0.05) is 13.0 Å². The SMILES string of the molecule is CCC1NCCN(Cc2ccc(F)c(Br)c2)C1=O. The van der Waals surface area contributed by atoms with E-state index >= 15 is 0 Å². The molecule has 1 aromatic rings. The number of benzene rings is 1. The second-order valence-corrected chi connectivity index (χ2v) is 5.28. The smallest absolute Gasteiger partial charge is 0.240 e. The fraction of sp³-hybridized carbons (Fsp3) is 0.462. The number of halogens is 2. The number of nitrogens with one attached hydrogen (secondary N) is 1. The highest BCUT2D eigenvalue weighted by atomic mass is 79.9.